The van der Waals surface area contributed by atoms with Crippen molar-refractivity contribution in [1.29, 1.82) is 5.26 Å². The van der Waals surface area contributed by atoms with Crippen molar-refractivity contribution >= 4 is 0 Å². The van der Waals surface area contributed by atoms with E-state index in [0.717, 1.165) is 43.7 Å². The Kier molecular flexibility index (Phi) is 3.83. The summed E-state index contributed by atoms with van der Waals surface area (Å²) in [7, 11) is 0. The Morgan fingerprint density at radius 1 is 1.44 bits per heavy atom. The molecule has 0 N–H and O–H groups in total. The first-order valence-corrected chi connectivity index (χ1v) is 6.59. The molecular formula is C14H19N3O. The van der Waals surface area contributed by atoms with Crippen LogP contribution >= 0.6 is 0 Å². The van der Waals surface area contributed by atoms with Crippen molar-refractivity contribution in [3.63, 3.8) is 0 Å². The summed E-state index contributed by atoms with van der Waals surface area (Å²) in [5.41, 5.74) is 2.43. The smallest absolute Gasteiger partial charge is 0.268 e. The molecule has 1 aromatic rings. The summed E-state index contributed by atoms with van der Waals surface area (Å²) >= 11 is 0. The minimum absolute atomic E-state index is 0.122. The van der Waals surface area contributed by atoms with Gasteiger partial charge in [0.25, 0.3) is 5.56 Å². The van der Waals surface area contributed by atoms with Gasteiger partial charge >= 0.3 is 0 Å². The fourth-order valence-electron chi connectivity index (χ4n) is 2.59. The lowest BCUT2D eigenvalue weighted by Crippen LogP contribution is -2.36. The zero-order chi connectivity index (χ0) is 13.1. The van der Waals surface area contributed by atoms with Gasteiger partial charge in [-0.15, -0.1) is 0 Å². The molecule has 0 spiro atoms. The van der Waals surface area contributed by atoms with Gasteiger partial charge in [-0.25, -0.2) is 0 Å². The maximum atomic E-state index is 12.1. The van der Waals surface area contributed by atoms with Crippen molar-refractivity contribution in [1.82, 2.24) is 9.47 Å². The fourth-order valence-corrected chi connectivity index (χ4v) is 2.59. The monoisotopic (exact) mass is 245 g/mol. The van der Waals surface area contributed by atoms with Gasteiger partial charge in [-0.05, 0) is 24.6 Å². The van der Waals surface area contributed by atoms with Crippen LogP contribution in [-0.2, 0) is 19.5 Å². The molecule has 0 radical (unpaired) electrons. The molecule has 4 heteroatoms. The lowest BCUT2D eigenvalue weighted by molar-refractivity contribution is 0.261. The summed E-state index contributed by atoms with van der Waals surface area (Å²) in [4.78, 5) is 14.5. The second-order valence-electron chi connectivity index (χ2n) is 4.72. The average molecular weight is 245 g/mol. The van der Waals surface area contributed by atoms with Crippen molar-refractivity contribution in [2.24, 2.45) is 0 Å². The number of likely N-dealkylation sites (N-methyl/N-ethyl adjacent to an activating group) is 1. The molecule has 0 aromatic carbocycles. The molecule has 0 atom stereocenters. The highest BCUT2D eigenvalue weighted by molar-refractivity contribution is 5.35. The van der Waals surface area contributed by atoms with Gasteiger partial charge < -0.3 is 4.57 Å². The minimum atomic E-state index is -0.122. The fraction of sp³-hybridized carbons (Fsp3) is 0.571. The second kappa shape index (κ2) is 5.36. The number of nitrogens with zero attached hydrogens (tertiary/aromatic N) is 3. The number of hydrogen-bond acceptors (Lipinski definition) is 3. The molecule has 18 heavy (non-hydrogen) atoms. The zero-order valence-electron chi connectivity index (χ0n) is 11.1. The molecule has 96 valence electrons. The first-order valence-electron chi connectivity index (χ1n) is 6.59. The molecule has 2 rings (SSSR count). The lowest BCUT2D eigenvalue weighted by Gasteiger charge is -2.29. The first-order chi connectivity index (χ1) is 8.71. The Labute approximate surface area is 107 Å². The van der Waals surface area contributed by atoms with Crippen LogP contribution in [-0.4, -0.2) is 22.6 Å². The van der Waals surface area contributed by atoms with Gasteiger partial charge in [0, 0.05) is 31.7 Å². The largest absolute Gasteiger partial charge is 0.311 e. The normalized spacial score (nSPS) is 15.2. The van der Waals surface area contributed by atoms with Crippen molar-refractivity contribution in [2.75, 3.05) is 13.1 Å². The minimum Gasteiger partial charge on any atom is -0.311 e. The van der Waals surface area contributed by atoms with E-state index in [-0.39, 0.29) is 11.1 Å². The van der Waals surface area contributed by atoms with Gasteiger partial charge in [0.05, 0.1) is 0 Å². The summed E-state index contributed by atoms with van der Waals surface area (Å²) < 4.78 is 1.81. The van der Waals surface area contributed by atoms with Crippen LogP contribution in [0.15, 0.2) is 10.9 Å². The maximum Gasteiger partial charge on any atom is 0.268 e. The van der Waals surface area contributed by atoms with Gasteiger partial charge in [-0.1, -0.05) is 13.8 Å². The second-order valence-corrected chi connectivity index (χ2v) is 4.72. The van der Waals surface area contributed by atoms with Crippen LogP contribution in [0, 0.1) is 11.3 Å². The van der Waals surface area contributed by atoms with Crippen LogP contribution in [0.25, 0.3) is 0 Å². The van der Waals surface area contributed by atoms with E-state index in [9.17, 15) is 4.79 Å². The van der Waals surface area contributed by atoms with Crippen LogP contribution in [0.1, 0.15) is 37.1 Å². The summed E-state index contributed by atoms with van der Waals surface area (Å²) in [6, 6.07) is 3.81. The van der Waals surface area contributed by atoms with Crippen LogP contribution in [0.4, 0.5) is 0 Å². The molecule has 1 aromatic heterocycles. The third-order valence-corrected chi connectivity index (χ3v) is 3.56. The number of fused-ring (bicyclic) bond motifs is 1. The highest BCUT2D eigenvalue weighted by Gasteiger charge is 2.20. The summed E-state index contributed by atoms with van der Waals surface area (Å²) in [5.74, 6) is 0. The third kappa shape index (κ3) is 2.19. The molecule has 0 fully saturated rings. The van der Waals surface area contributed by atoms with Gasteiger partial charge in [0.2, 0.25) is 0 Å². The van der Waals surface area contributed by atoms with E-state index in [0.29, 0.717) is 6.54 Å². The van der Waals surface area contributed by atoms with Gasteiger partial charge in [-0.3, -0.25) is 9.69 Å². The molecule has 0 saturated carbocycles. The molecule has 1 aliphatic rings. The number of pyridine rings is 1. The number of nitriles is 1. The van der Waals surface area contributed by atoms with E-state index in [2.05, 4.69) is 18.7 Å². The predicted octanol–water partition coefficient (Wildman–Crippen LogP) is 1.51. The lowest BCUT2D eigenvalue weighted by atomic mass is 10.0. The van der Waals surface area contributed by atoms with Crippen LogP contribution < -0.4 is 5.56 Å². The third-order valence-electron chi connectivity index (χ3n) is 3.56. The van der Waals surface area contributed by atoms with Crippen molar-refractivity contribution in [3.8, 4) is 6.07 Å². The van der Waals surface area contributed by atoms with E-state index in [1.165, 1.54) is 0 Å². The number of hydrogen-bond donors (Lipinski definition) is 0. The van der Waals surface area contributed by atoms with Gasteiger partial charge in [0.1, 0.15) is 11.6 Å². The van der Waals surface area contributed by atoms with Gasteiger partial charge in [0.15, 0.2) is 0 Å². The molecule has 0 bridgehead atoms. The van der Waals surface area contributed by atoms with Crippen LogP contribution in [0.5, 0.6) is 0 Å². The molecule has 0 amide bonds. The molecular weight excluding hydrogens is 226 g/mol. The van der Waals surface area contributed by atoms with E-state index >= 15 is 0 Å². The summed E-state index contributed by atoms with van der Waals surface area (Å²) in [6.45, 7) is 7.76. The van der Waals surface area contributed by atoms with E-state index < -0.39 is 0 Å². The van der Waals surface area contributed by atoms with Crippen molar-refractivity contribution in [3.05, 3.63) is 33.2 Å². The molecule has 0 aliphatic carbocycles. The van der Waals surface area contributed by atoms with Crippen molar-refractivity contribution in [2.45, 2.75) is 39.8 Å². The molecule has 0 saturated heterocycles. The standard InChI is InChI=1S/C14H19N3O/c1-3-6-17-13-5-7-16(4-2)10-12(13)8-11(9-15)14(17)18/h8H,3-7,10H2,1-2H3. The van der Waals surface area contributed by atoms with E-state index in [4.69, 9.17) is 5.26 Å². The van der Waals surface area contributed by atoms with E-state index in [1.807, 2.05) is 6.07 Å². The summed E-state index contributed by atoms with van der Waals surface area (Å²) in [6.07, 6.45) is 1.82. The first kappa shape index (κ1) is 12.8. The van der Waals surface area contributed by atoms with Gasteiger partial charge in [-0.2, -0.15) is 5.26 Å². The Morgan fingerprint density at radius 3 is 2.83 bits per heavy atom. The Balaban J connectivity index is 2.54. The van der Waals surface area contributed by atoms with E-state index in [1.54, 1.807) is 10.6 Å². The SMILES string of the molecule is CCCn1c2c(cc(C#N)c1=O)CN(CC)CC2. The Hall–Kier alpha value is -1.60. The molecule has 1 aliphatic heterocycles. The number of rotatable bonds is 3. The molecule has 2 heterocycles. The van der Waals surface area contributed by atoms with Crippen LogP contribution in [0.2, 0.25) is 0 Å². The van der Waals surface area contributed by atoms with Crippen molar-refractivity contribution < 1.29 is 0 Å². The summed E-state index contributed by atoms with van der Waals surface area (Å²) in [5, 5.41) is 9.06. The zero-order valence-corrected chi connectivity index (χ0v) is 11.1. The molecule has 4 nitrogen and oxygen atoms in total. The Bertz CT molecular complexity index is 539. The quantitative estimate of drug-likeness (QED) is 0.811. The topological polar surface area (TPSA) is 49.0 Å². The Morgan fingerprint density at radius 2 is 2.22 bits per heavy atom. The molecule has 0 unspecified atom stereocenters. The highest BCUT2D eigenvalue weighted by atomic mass is 16.1. The average Bonchev–Trinajstić information content (AvgIpc) is 2.41. The highest BCUT2D eigenvalue weighted by Crippen LogP contribution is 2.18. The van der Waals surface area contributed by atoms with Crippen LogP contribution in [0.3, 0.4) is 0 Å². The number of aromatic nitrogens is 1. The maximum absolute atomic E-state index is 12.1. The predicted molar refractivity (Wildman–Crippen MR) is 70.4 cm³/mol.